The Balaban J connectivity index is 1.41. The maximum atomic E-state index is 12.7. The number of nitrogens with zero attached hydrogens (tertiary/aromatic N) is 1. The second-order valence-electron chi connectivity index (χ2n) is 7.78. The zero-order chi connectivity index (χ0) is 17.6. The summed E-state index contributed by atoms with van der Waals surface area (Å²) in [5.41, 5.74) is 6.81. The van der Waals surface area contributed by atoms with E-state index in [1.807, 2.05) is 24.3 Å². The first-order valence-electron chi connectivity index (χ1n) is 9.82. The highest BCUT2D eigenvalue weighted by Crippen LogP contribution is 2.27. The van der Waals surface area contributed by atoms with Gasteiger partial charge >= 0.3 is 0 Å². The van der Waals surface area contributed by atoms with E-state index in [4.69, 9.17) is 10.5 Å². The molecule has 2 N–H and O–H groups in total. The van der Waals surface area contributed by atoms with Gasteiger partial charge in [0.1, 0.15) is 5.75 Å². The number of nitrogens with two attached hydrogens (primary N) is 1. The number of likely N-dealkylation sites (tertiary alicyclic amines) is 1. The van der Waals surface area contributed by atoms with Crippen LogP contribution in [-0.2, 0) is 0 Å². The Morgan fingerprint density at radius 1 is 1.08 bits per heavy atom. The molecular weight excluding hydrogens is 312 g/mol. The topological polar surface area (TPSA) is 55.6 Å². The van der Waals surface area contributed by atoms with E-state index in [1.54, 1.807) is 7.11 Å². The molecular formula is C21H32N2O2. The van der Waals surface area contributed by atoms with Gasteiger partial charge in [-0.25, -0.2) is 0 Å². The summed E-state index contributed by atoms with van der Waals surface area (Å²) < 4.78 is 5.17. The lowest BCUT2D eigenvalue weighted by atomic mass is 9.84. The van der Waals surface area contributed by atoms with E-state index in [0.29, 0.717) is 11.8 Å². The first-order valence-corrected chi connectivity index (χ1v) is 9.82. The van der Waals surface area contributed by atoms with Crippen LogP contribution < -0.4 is 10.5 Å². The average molecular weight is 344 g/mol. The predicted molar refractivity (Wildman–Crippen MR) is 101 cm³/mol. The molecule has 0 unspecified atom stereocenters. The minimum Gasteiger partial charge on any atom is -0.497 e. The molecule has 25 heavy (non-hydrogen) atoms. The molecule has 0 bridgehead atoms. The van der Waals surface area contributed by atoms with Crippen molar-refractivity contribution in [1.82, 2.24) is 4.90 Å². The maximum absolute atomic E-state index is 12.7. The van der Waals surface area contributed by atoms with Crippen LogP contribution >= 0.6 is 0 Å². The summed E-state index contributed by atoms with van der Waals surface area (Å²) in [6, 6.07) is 7.97. The van der Waals surface area contributed by atoms with E-state index in [0.717, 1.165) is 43.2 Å². The second kappa shape index (κ2) is 8.81. The minimum absolute atomic E-state index is 0.178. The van der Waals surface area contributed by atoms with Crippen LogP contribution in [0, 0.1) is 11.8 Å². The van der Waals surface area contributed by atoms with Crippen molar-refractivity contribution in [2.45, 2.75) is 51.0 Å². The Labute approximate surface area is 151 Å². The van der Waals surface area contributed by atoms with E-state index in [1.165, 1.54) is 38.6 Å². The Bertz CT molecular complexity index is 542. The molecule has 2 aliphatic rings. The molecule has 0 atom stereocenters. The number of ketones is 1. The van der Waals surface area contributed by atoms with Crippen molar-refractivity contribution in [3.63, 3.8) is 0 Å². The first-order chi connectivity index (χ1) is 12.2. The fraction of sp³-hybridized carbons (Fsp3) is 0.667. The molecule has 1 aliphatic heterocycles. The van der Waals surface area contributed by atoms with E-state index < -0.39 is 0 Å². The van der Waals surface area contributed by atoms with Gasteiger partial charge in [-0.15, -0.1) is 0 Å². The lowest BCUT2D eigenvalue weighted by Gasteiger charge is -2.33. The van der Waals surface area contributed by atoms with Crippen LogP contribution in [0.4, 0.5) is 0 Å². The van der Waals surface area contributed by atoms with E-state index in [-0.39, 0.29) is 5.92 Å². The number of piperidine rings is 1. The zero-order valence-corrected chi connectivity index (χ0v) is 15.5. The number of rotatable bonds is 6. The third-order valence-corrected chi connectivity index (χ3v) is 6.08. The van der Waals surface area contributed by atoms with Gasteiger partial charge in [0.05, 0.1) is 7.11 Å². The first kappa shape index (κ1) is 18.4. The Hall–Kier alpha value is -1.39. The number of carbonyl (C=O) groups is 1. The third kappa shape index (κ3) is 5.05. The normalized spacial score (nSPS) is 25.7. The van der Waals surface area contributed by atoms with E-state index >= 15 is 0 Å². The largest absolute Gasteiger partial charge is 0.497 e. The quantitative estimate of drug-likeness (QED) is 0.803. The summed E-state index contributed by atoms with van der Waals surface area (Å²) in [5, 5.41) is 0. The molecule has 0 amide bonds. The zero-order valence-electron chi connectivity index (χ0n) is 15.5. The summed E-state index contributed by atoms with van der Waals surface area (Å²) >= 11 is 0. The molecule has 1 aliphatic carbocycles. The van der Waals surface area contributed by atoms with Crippen molar-refractivity contribution >= 4 is 5.78 Å². The molecule has 1 saturated carbocycles. The van der Waals surface area contributed by atoms with Gasteiger partial charge in [-0.1, -0.05) is 0 Å². The molecule has 1 saturated heterocycles. The van der Waals surface area contributed by atoms with Crippen molar-refractivity contribution in [3.8, 4) is 5.75 Å². The summed E-state index contributed by atoms with van der Waals surface area (Å²) in [4.78, 5) is 15.2. The van der Waals surface area contributed by atoms with Gasteiger partial charge < -0.3 is 15.4 Å². The van der Waals surface area contributed by atoms with Crippen LogP contribution in [0.3, 0.4) is 0 Å². The predicted octanol–water partition coefficient (Wildman–Crippen LogP) is 3.50. The molecule has 1 heterocycles. The Morgan fingerprint density at radius 3 is 2.32 bits per heavy atom. The maximum Gasteiger partial charge on any atom is 0.166 e. The molecule has 0 spiro atoms. The van der Waals surface area contributed by atoms with Gasteiger partial charge in [0.2, 0.25) is 0 Å². The SMILES string of the molecule is COc1ccc(C(=O)C2CCN(CCC3CCC(N)CC3)CC2)cc1. The average Bonchev–Trinajstić information content (AvgIpc) is 2.67. The summed E-state index contributed by atoms with van der Waals surface area (Å²) in [6.45, 7) is 3.29. The summed E-state index contributed by atoms with van der Waals surface area (Å²) in [7, 11) is 1.65. The van der Waals surface area contributed by atoms with Crippen molar-refractivity contribution in [2.24, 2.45) is 17.6 Å². The van der Waals surface area contributed by atoms with Crippen LogP contribution in [0.2, 0.25) is 0 Å². The van der Waals surface area contributed by atoms with Crippen LogP contribution in [0.1, 0.15) is 55.3 Å². The number of hydrogen-bond donors (Lipinski definition) is 1. The van der Waals surface area contributed by atoms with Gasteiger partial charge in [0, 0.05) is 17.5 Å². The van der Waals surface area contributed by atoms with Crippen LogP contribution in [0.15, 0.2) is 24.3 Å². The van der Waals surface area contributed by atoms with Gasteiger partial charge in [0.25, 0.3) is 0 Å². The molecule has 1 aromatic carbocycles. The number of carbonyl (C=O) groups excluding carboxylic acids is 1. The van der Waals surface area contributed by atoms with Gasteiger partial charge in [-0.05, 0) is 94.8 Å². The highest BCUT2D eigenvalue weighted by atomic mass is 16.5. The smallest absolute Gasteiger partial charge is 0.166 e. The molecule has 0 aromatic heterocycles. The summed E-state index contributed by atoms with van der Waals surface area (Å²) in [5.74, 6) is 2.13. The molecule has 2 fully saturated rings. The van der Waals surface area contributed by atoms with Crippen molar-refractivity contribution in [1.29, 1.82) is 0 Å². The number of ether oxygens (including phenoxy) is 1. The molecule has 3 rings (SSSR count). The number of Topliss-reactive ketones (excluding diaryl/α,β-unsaturated/α-hetero) is 1. The highest BCUT2D eigenvalue weighted by molar-refractivity contribution is 5.98. The molecule has 1 aromatic rings. The third-order valence-electron chi connectivity index (χ3n) is 6.08. The van der Waals surface area contributed by atoms with Gasteiger partial charge in [-0.3, -0.25) is 4.79 Å². The Kier molecular flexibility index (Phi) is 6.49. The lowest BCUT2D eigenvalue weighted by molar-refractivity contribution is 0.0833. The fourth-order valence-corrected chi connectivity index (χ4v) is 4.25. The number of methoxy groups -OCH3 is 1. The molecule has 4 nitrogen and oxygen atoms in total. The number of hydrogen-bond acceptors (Lipinski definition) is 4. The summed E-state index contributed by atoms with van der Waals surface area (Å²) in [6.07, 6.45) is 8.26. The van der Waals surface area contributed by atoms with Crippen molar-refractivity contribution in [3.05, 3.63) is 29.8 Å². The van der Waals surface area contributed by atoms with Crippen molar-refractivity contribution < 1.29 is 9.53 Å². The van der Waals surface area contributed by atoms with Crippen LogP contribution in [0.5, 0.6) is 5.75 Å². The lowest BCUT2D eigenvalue weighted by Crippen LogP contribution is -2.38. The standard InChI is InChI=1S/C21H32N2O2/c1-25-20-8-4-17(5-9-20)21(24)18-11-14-23(15-12-18)13-10-16-2-6-19(22)7-3-16/h4-5,8-9,16,18-19H,2-3,6-7,10-15,22H2,1H3. The molecule has 0 radical (unpaired) electrons. The molecule has 4 heteroatoms. The van der Waals surface area contributed by atoms with Crippen molar-refractivity contribution in [2.75, 3.05) is 26.7 Å². The van der Waals surface area contributed by atoms with Gasteiger partial charge in [0.15, 0.2) is 5.78 Å². The van der Waals surface area contributed by atoms with E-state index in [2.05, 4.69) is 4.90 Å². The highest BCUT2D eigenvalue weighted by Gasteiger charge is 2.26. The minimum atomic E-state index is 0.178. The van der Waals surface area contributed by atoms with Crippen LogP contribution in [-0.4, -0.2) is 43.5 Å². The van der Waals surface area contributed by atoms with Crippen LogP contribution in [0.25, 0.3) is 0 Å². The second-order valence-corrected chi connectivity index (χ2v) is 7.78. The molecule has 138 valence electrons. The Morgan fingerprint density at radius 2 is 1.72 bits per heavy atom. The fourth-order valence-electron chi connectivity index (χ4n) is 4.25. The van der Waals surface area contributed by atoms with E-state index in [9.17, 15) is 4.79 Å². The number of benzene rings is 1. The monoisotopic (exact) mass is 344 g/mol. The van der Waals surface area contributed by atoms with Gasteiger partial charge in [-0.2, -0.15) is 0 Å².